The lowest BCUT2D eigenvalue weighted by Crippen LogP contribution is -2.33. The number of nitrogens with one attached hydrogen (secondary N) is 1. The molecule has 0 radical (unpaired) electrons. The summed E-state index contributed by atoms with van der Waals surface area (Å²) in [6, 6.07) is 10.1. The highest BCUT2D eigenvalue weighted by Crippen LogP contribution is 2.31. The molecule has 1 unspecified atom stereocenters. The van der Waals surface area contributed by atoms with Gasteiger partial charge in [-0.25, -0.2) is 4.79 Å². The summed E-state index contributed by atoms with van der Waals surface area (Å²) in [5, 5.41) is 7.63. The predicted octanol–water partition coefficient (Wildman–Crippen LogP) is 2.39. The van der Waals surface area contributed by atoms with Crippen molar-refractivity contribution in [3.63, 3.8) is 0 Å². The van der Waals surface area contributed by atoms with E-state index in [0.29, 0.717) is 5.76 Å². The fourth-order valence-corrected chi connectivity index (χ4v) is 3.45. The summed E-state index contributed by atoms with van der Waals surface area (Å²) in [7, 11) is 0. The molecule has 12 nitrogen and oxygen atoms in total. The van der Waals surface area contributed by atoms with Gasteiger partial charge in [0.15, 0.2) is 5.76 Å². The Kier molecular flexibility index (Phi) is 5.88. The van der Waals surface area contributed by atoms with E-state index in [0.717, 1.165) is 5.56 Å². The molecule has 0 aliphatic carbocycles. The predicted molar refractivity (Wildman–Crippen MR) is 110 cm³/mol. The van der Waals surface area contributed by atoms with E-state index in [9.17, 15) is 14.4 Å². The van der Waals surface area contributed by atoms with E-state index in [-0.39, 0.29) is 24.3 Å². The number of H-pyrrole nitrogens is 1. The van der Waals surface area contributed by atoms with Gasteiger partial charge in [-0.1, -0.05) is 40.6 Å². The molecule has 1 N–H and O–H groups in total. The Morgan fingerprint density at radius 1 is 1.38 bits per heavy atom. The number of aromatic nitrogens is 3. The van der Waals surface area contributed by atoms with Crippen molar-refractivity contribution in [1.29, 1.82) is 0 Å². The highest BCUT2D eigenvalue weighted by atomic mass is 16.6. The van der Waals surface area contributed by atoms with Crippen LogP contribution in [0.1, 0.15) is 19.6 Å². The Morgan fingerprint density at radius 2 is 2.16 bits per heavy atom. The molecule has 0 spiro atoms. The second-order valence-corrected chi connectivity index (χ2v) is 7.09. The van der Waals surface area contributed by atoms with E-state index >= 15 is 0 Å². The van der Waals surface area contributed by atoms with Gasteiger partial charge in [-0.15, -0.1) is 0 Å². The zero-order valence-electron chi connectivity index (χ0n) is 16.9. The largest absolute Gasteiger partial charge is 0.463 e. The summed E-state index contributed by atoms with van der Waals surface area (Å²) >= 11 is 0. The first kappa shape index (κ1) is 21.1. The maximum Gasteiger partial charge on any atom is 0.330 e. The standard InChI is InChI=1S/C20H18N6O6/c1-11(27)30-10-17-15(23-25-21)8-18(31-17)26-9-13(19(28)22-20(26)29)14-7-16(32-24-14)12-5-3-2-4-6-12/h2-7,9,15,17-18H,8,10H2,1H3,(H,22,28,29)/t15?,17-,18-/m1/s1. The van der Waals surface area contributed by atoms with Crippen LogP contribution in [0.25, 0.3) is 33.0 Å². The molecule has 0 saturated carbocycles. The summed E-state index contributed by atoms with van der Waals surface area (Å²) < 4.78 is 17.3. The van der Waals surface area contributed by atoms with Crippen molar-refractivity contribution < 1.29 is 18.8 Å². The van der Waals surface area contributed by atoms with Gasteiger partial charge in [0.2, 0.25) is 0 Å². The first-order chi connectivity index (χ1) is 15.5. The van der Waals surface area contributed by atoms with Gasteiger partial charge in [-0.2, -0.15) is 0 Å². The summed E-state index contributed by atoms with van der Waals surface area (Å²) in [6.07, 6.45) is -0.122. The van der Waals surface area contributed by atoms with Crippen molar-refractivity contribution in [2.45, 2.75) is 31.7 Å². The fourth-order valence-electron chi connectivity index (χ4n) is 3.45. The molecule has 32 heavy (non-hydrogen) atoms. The van der Waals surface area contributed by atoms with Crippen LogP contribution in [-0.4, -0.2) is 39.4 Å². The normalized spacial score (nSPS) is 20.0. The Morgan fingerprint density at radius 3 is 2.88 bits per heavy atom. The van der Waals surface area contributed by atoms with Crippen LogP contribution in [0.2, 0.25) is 0 Å². The molecule has 4 rings (SSSR count). The summed E-state index contributed by atoms with van der Waals surface area (Å²) in [6.45, 7) is 1.11. The van der Waals surface area contributed by atoms with Crippen molar-refractivity contribution in [2.24, 2.45) is 5.11 Å². The maximum atomic E-state index is 12.5. The van der Waals surface area contributed by atoms with Crippen LogP contribution in [0.3, 0.4) is 0 Å². The number of esters is 1. The topological polar surface area (TPSA) is 165 Å². The van der Waals surface area contributed by atoms with Crippen LogP contribution in [-0.2, 0) is 14.3 Å². The Labute approximate surface area is 180 Å². The Hall–Kier alpha value is -4.15. The summed E-state index contributed by atoms with van der Waals surface area (Å²) in [5.41, 5.74) is 8.59. The van der Waals surface area contributed by atoms with Gasteiger partial charge in [0.05, 0.1) is 11.6 Å². The molecular formula is C20H18N6O6. The lowest BCUT2D eigenvalue weighted by atomic mass is 10.1. The van der Waals surface area contributed by atoms with Gasteiger partial charge in [0.1, 0.15) is 24.6 Å². The number of hydrogen-bond acceptors (Lipinski definition) is 8. The zero-order chi connectivity index (χ0) is 22.7. The molecule has 2 aromatic heterocycles. The molecule has 1 aromatic carbocycles. The third-order valence-electron chi connectivity index (χ3n) is 4.98. The number of ether oxygens (including phenoxy) is 2. The first-order valence-electron chi connectivity index (χ1n) is 9.67. The monoisotopic (exact) mass is 438 g/mol. The molecule has 0 bridgehead atoms. The van der Waals surface area contributed by atoms with Crippen LogP contribution in [0, 0.1) is 0 Å². The van der Waals surface area contributed by atoms with Crippen molar-refractivity contribution in [3.8, 4) is 22.6 Å². The number of carbonyl (C=O) groups is 1. The molecular weight excluding hydrogens is 420 g/mol. The molecule has 3 heterocycles. The lowest BCUT2D eigenvalue weighted by Gasteiger charge is -2.16. The molecule has 164 valence electrons. The second-order valence-electron chi connectivity index (χ2n) is 7.09. The van der Waals surface area contributed by atoms with E-state index in [1.54, 1.807) is 6.07 Å². The smallest absolute Gasteiger partial charge is 0.330 e. The Balaban J connectivity index is 1.65. The van der Waals surface area contributed by atoms with Crippen molar-refractivity contribution >= 4 is 5.97 Å². The molecule has 1 aliphatic heterocycles. The van der Waals surface area contributed by atoms with Crippen LogP contribution in [0.15, 0.2) is 61.8 Å². The van der Waals surface area contributed by atoms with Crippen LogP contribution in [0.4, 0.5) is 0 Å². The van der Waals surface area contributed by atoms with Crippen LogP contribution >= 0.6 is 0 Å². The molecule has 3 atom stereocenters. The van der Waals surface area contributed by atoms with Gasteiger partial charge in [-0.05, 0) is 5.53 Å². The average Bonchev–Trinajstić information content (AvgIpc) is 3.41. The van der Waals surface area contributed by atoms with Crippen LogP contribution in [0.5, 0.6) is 0 Å². The van der Waals surface area contributed by atoms with Crippen molar-refractivity contribution in [2.75, 3.05) is 6.61 Å². The number of aromatic amines is 1. The number of rotatable bonds is 6. The van der Waals surface area contributed by atoms with Crippen molar-refractivity contribution in [1.82, 2.24) is 14.7 Å². The van der Waals surface area contributed by atoms with E-state index in [1.165, 1.54) is 17.7 Å². The summed E-state index contributed by atoms with van der Waals surface area (Å²) in [5.74, 6) is -0.0554. The molecule has 3 aromatic rings. The van der Waals surface area contributed by atoms with Gasteiger partial charge in [0, 0.05) is 36.1 Å². The quantitative estimate of drug-likeness (QED) is 0.267. The van der Waals surface area contributed by atoms with Gasteiger partial charge in [0.25, 0.3) is 5.56 Å². The third-order valence-corrected chi connectivity index (χ3v) is 4.98. The van der Waals surface area contributed by atoms with E-state index < -0.39 is 35.6 Å². The van der Waals surface area contributed by atoms with Gasteiger partial charge >= 0.3 is 11.7 Å². The minimum atomic E-state index is -0.852. The van der Waals surface area contributed by atoms with E-state index in [4.69, 9.17) is 19.5 Å². The minimum Gasteiger partial charge on any atom is -0.463 e. The highest BCUT2D eigenvalue weighted by Gasteiger charge is 2.37. The molecule has 12 heteroatoms. The minimum absolute atomic E-state index is 0.0999. The molecule has 1 fully saturated rings. The highest BCUT2D eigenvalue weighted by molar-refractivity contribution is 5.66. The fraction of sp³-hybridized carbons (Fsp3) is 0.300. The zero-order valence-corrected chi connectivity index (χ0v) is 16.9. The van der Waals surface area contributed by atoms with Gasteiger partial charge in [-0.3, -0.25) is 19.1 Å². The number of azide groups is 1. The second kappa shape index (κ2) is 8.92. The third kappa shape index (κ3) is 4.31. The maximum absolute atomic E-state index is 12.5. The Bertz CT molecular complexity index is 1290. The first-order valence-corrected chi connectivity index (χ1v) is 9.67. The van der Waals surface area contributed by atoms with Crippen LogP contribution < -0.4 is 11.2 Å². The lowest BCUT2D eigenvalue weighted by molar-refractivity contribution is -0.146. The average molecular weight is 438 g/mol. The SMILES string of the molecule is CC(=O)OC[C@H]1O[C@@H](n2cc(-c3cc(-c4ccccc4)on3)c(=O)[nH]c2=O)CC1N=[N+]=[N-]. The summed E-state index contributed by atoms with van der Waals surface area (Å²) in [4.78, 5) is 41.1. The number of nitrogens with zero attached hydrogens (tertiary/aromatic N) is 5. The molecule has 1 aliphatic rings. The molecule has 1 saturated heterocycles. The van der Waals surface area contributed by atoms with Crippen molar-refractivity contribution in [3.05, 3.63) is 73.9 Å². The van der Waals surface area contributed by atoms with E-state index in [2.05, 4.69) is 20.2 Å². The molecule has 0 amide bonds. The number of benzene rings is 1. The van der Waals surface area contributed by atoms with Gasteiger partial charge < -0.3 is 14.0 Å². The number of hydrogen-bond donors (Lipinski definition) is 1. The number of carbonyl (C=O) groups excluding carboxylic acids is 1. The van der Waals surface area contributed by atoms with E-state index in [1.807, 2.05) is 30.3 Å².